The molecule has 1 aromatic heterocycles. The van der Waals surface area contributed by atoms with Crippen LogP contribution in [0.3, 0.4) is 0 Å². The molecule has 14 heavy (non-hydrogen) atoms. The Hall–Kier alpha value is -1.90. The molecule has 0 aliphatic rings. The first-order chi connectivity index (χ1) is 6.57. The lowest BCUT2D eigenvalue weighted by Gasteiger charge is -2.08. The van der Waals surface area contributed by atoms with Gasteiger partial charge in [0.1, 0.15) is 0 Å². The summed E-state index contributed by atoms with van der Waals surface area (Å²) < 4.78 is 24.9. The molecule has 0 radical (unpaired) electrons. The van der Waals surface area contributed by atoms with Crippen LogP contribution < -0.4 is 5.73 Å². The van der Waals surface area contributed by atoms with Gasteiger partial charge in [-0.3, -0.25) is 0 Å². The van der Waals surface area contributed by atoms with Crippen molar-refractivity contribution in [1.29, 1.82) is 5.26 Å². The average molecular weight is 199 g/mol. The van der Waals surface area contributed by atoms with E-state index in [-0.39, 0.29) is 17.8 Å². The highest BCUT2D eigenvalue weighted by Gasteiger charge is 2.20. The molecule has 3 N–H and O–H groups in total. The number of nitriles is 1. The fraction of sp³-hybridized carbons (Fsp3) is 0.250. The smallest absolute Gasteiger partial charge is 0.267 e. The zero-order valence-electron chi connectivity index (χ0n) is 7.04. The van der Waals surface area contributed by atoms with E-state index in [0.29, 0.717) is 0 Å². The van der Waals surface area contributed by atoms with Crippen LogP contribution >= 0.6 is 0 Å². The molecule has 1 aromatic rings. The number of nitrogens with zero attached hydrogens (tertiary/aromatic N) is 2. The van der Waals surface area contributed by atoms with Crippen molar-refractivity contribution in [2.24, 2.45) is 0 Å². The van der Waals surface area contributed by atoms with Gasteiger partial charge in [-0.2, -0.15) is 5.26 Å². The van der Waals surface area contributed by atoms with Gasteiger partial charge in [0.25, 0.3) is 6.43 Å². The number of alkyl halides is 2. The highest BCUT2D eigenvalue weighted by molar-refractivity contribution is 5.53. The molecule has 1 rings (SSSR count). The van der Waals surface area contributed by atoms with Crippen LogP contribution in [0, 0.1) is 11.3 Å². The molecule has 4 nitrogen and oxygen atoms in total. The van der Waals surface area contributed by atoms with E-state index in [1.807, 2.05) is 0 Å². The number of nitrogens with two attached hydrogens (primary N) is 1. The molecule has 0 aliphatic heterocycles. The average Bonchev–Trinajstić information content (AvgIpc) is 2.11. The number of rotatable bonds is 2. The first-order valence-corrected chi connectivity index (χ1v) is 3.69. The molecule has 0 saturated carbocycles. The molecule has 1 heterocycles. The van der Waals surface area contributed by atoms with E-state index in [4.69, 9.17) is 11.0 Å². The van der Waals surface area contributed by atoms with Crippen molar-refractivity contribution in [3.05, 3.63) is 17.3 Å². The van der Waals surface area contributed by atoms with Crippen molar-refractivity contribution < 1.29 is 13.9 Å². The number of aromatic nitrogens is 1. The van der Waals surface area contributed by atoms with Gasteiger partial charge in [0, 0.05) is 6.20 Å². The number of nitrogen functional groups attached to an aromatic ring is 1. The molecular formula is C8H7F2N3O. The maximum absolute atomic E-state index is 12.4. The summed E-state index contributed by atoms with van der Waals surface area (Å²) in [6.45, 7) is 0. The molecule has 0 atom stereocenters. The second-order valence-electron chi connectivity index (χ2n) is 2.57. The maximum Gasteiger partial charge on any atom is 0.267 e. The van der Waals surface area contributed by atoms with E-state index < -0.39 is 17.7 Å². The van der Waals surface area contributed by atoms with Crippen LogP contribution in [0.15, 0.2) is 6.20 Å². The summed E-state index contributed by atoms with van der Waals surface area (Å²) in [5.41, 5.74) is 4.53. The van der Waals surface area contributed by atoms with Crippen molar-refractivity contribution >= 4 is 5.82 Å². The third-order valence-electron chi connectivity index (χ3n) is 1.69. The van der Waals surface area contributed by atoms with Gasteiger partial charge in [0.15, 0.2) is 11.6 Å². The third-order valence-corrected chi connectivity index (χ3v) is 1.69. The number of aromatic hydroxyl groups is 1. The highest BCUT2D eigenvalue weighted by atomic mass is 19.3. The number of halogens is 2. The first kappa shape index (κ1) is 10.2. The predicted octanol–water partition coefficient (Wildman–Crippen LogP) is 1.37. The van der Waals surface area contributed by atoms with Gasteiger partial charge < -0.3 is 10.8 Å². The monoisotopic (exact) mass is 199 g/mol. The fourth-order valence-electron chi connectivity index (χ4n) is 1.04. The number of pyridine rings is 1. The van der Waals surface area contributed by atoms with Gasteiger partial charge in [0.2, 0.25) is 0 Å². The Bertz CT molecular complexity index is 387. The Labute approximate surface area is 78.6 Å². The van der Waals surface area contributed by atoms with Gasteiger partial charge in [-0.05, 0) is 5.56 Å². The Balaban J connectivity index is 3.31. The minimum Gasteiger partial charge on any atom is -0.504 e. The molecule has 0 spiro atoms. The minimum absolute atomic E-state index is 0.00537. The standard InChI is InChI=1S/C8H7F2N3O/c9-7(10)5-4(1-2-11)3-13-8(12)6(5)14/h3,7,14H,1H2,(H2,12,13). The fourth-order valence-corrected chi connectivity index (χ4v) is 1.04. The molecular weight excluding hydrogens is 192 g/mol. The van der Waals surface area contributed by atoms with E-state index in [9.17, 15) is 13.9 Å². The molecule has 0 amide bonds. The second kappa shape index (κ2) is 3.87. The van der Waals surface area contributed by atoms with Gasteiger partial charge >= 0.3 is 0 Å². The minimum atomic E-state index is -2.87. The molecule has 0 unspecified atom stereocenters. The predicted molar refractivity (Wildman–Crippen MR) is 44.6 cm³/mol. The number of hydrogen-bond donors (Lipinski definition) is 2. The molecule has 0 saturated heterocycles. The summed E-state index contributed by atoms with van der Waals surface area (Å²) in [4.78, 5) is 3.48. The van der Waals surface area contributed by atoms with Crippen LogP contribution in [0.4, 0.5) is 14.6 Å². The van der Waals surface area contributed by atoms with E-state index >= 15 is 0 Å². The summed E-state index contributed by atoms with van der Waals surface area (Å²) in [6.07, 6.45) is -2.04. The molecule has 0 aliphatic carbocycles. The van der Waals surface area contributed by atoms with Crippen LogP contribution in [0.25, 0.3) is 0 Å². The Morgan fingerprint density at radius 3 is 2.79 bits per heavy atom. The van der Waals surface area contributed by atoms with E-state index in [2.05, 4.69) is 4.98 Å². The summed E-state index contributed by atoms with van der Waals surface area (Å²) in [7, 11) is 0. The number of anilines is 1. The highest BCUT2D eigenvalue weighted by Crippen LogP contribution is 2.34. The van der Waals surface area contributed by atoms with Gasteiger partial charge in [-0.25, -0.2) is 13.8 Å². The normalized spacial score (nSPS) is 10.1. The molecule has 0 aromatic carbocycles. The Morgan fingerprint density at radius 2 is 2.29 bits per heavy atom. The second-order valence-corrected chi connectivity index (χ2v) is 2.57. The quantitative estimate of drug-likeness (QED) is 0.753. The maximum atomic E-state index is 12.4. The van der Waals surface area contributed by atoms with Gasteiger partial charge in [-0.15, -0.1) is 0 Å². The van der Waals surface area contributed by atoms with Crippen LogP contribution in [-0.4, -0.2) is 10.1 Å². The zero-order valence-corrected chi connectivity index (χ0v) is 7.04. The first-order valence-electron chi connectivity index (χ1n) is 3.69. The summed E-state index contributed by atoms with van der Waals surface area (Å²) in [5.74, 6) is -1.10. The van der Waals surface area contributed by atoms with E-state index in [0.717, 1.165) is 6.20 Å². The van der Waals surface area contributed by atoms with Crippen LogP contribution in [0.5, 0.6) is 5.75 Å². The summed E-state index contributed by atoms with van der Waals surface area (Å²) >= 11 is 0. The van der Waals surface area contributed by atoms with Crippen molar-refractivity contribution in [2.45, 2.75) is 12.8 Å². The van der Waals surface area contributed by atoms with E-state index in [1.54, 1.807) is 6.07 Å². The number of hydrogen-bond acceptors (Lipinski definition) is 4. The largest absolute Gasteiger partial charge is 0.504 e. The molecule has 0 fully saturated rings. The van der Waals surface area contributed by atoms with Gasteiger partial charge in [0.05, 0.1) is 18.1 Å². The lowest BCUT2D eigenvalue weighted by atomic mass is 10.1. The zero-order chi connectivity index (χ0) is 10.7. The lowest BCUT2D eigenvalue weighted by Crippen LogP contribution is -2.00. The van der Waals surface area contributed by atoms with Crippen molar-refractivity contribution in [1.82, 2.24) is 4.98 Å². The Kier molecular flexibility index (Phi) is 2.82. The topological polar surface area (TPSA) is 82.9 Å². The van der Waals surface area contributed by atoms with Crippen molar-refractivity contribution in [2.75, 3.05) is 5.73 Å². The third kappa shape index (κ3) is 1.71. The summed E-state index contributed by atoms with van der Waals surface area (Å²) in [5, 5.41) is 17.5. The van der Waals surface area contributed by atoms with Crippen LogP contribution in [0.2, 0.25) is 0 Å². The van der Waals surface area contributed by atoms with Gasteiger partial charge in [-0.1, -0.05) is 0 Å². The molecule has 0 bridgehead atoms. The summed E-state index contributed by atoms with van der Waals surface area (Å²) in [6, 6.07) is 1.70. The molecule has 6 heteroatoms. The van der Waals surface area contributed by atoms with E-state index in [1.165, 1.54) is 0 Å². The Morgan fingerprint density at radius 1 is 1.64 bits per heavy atom. The molecule has 74 valence electrons. The van der Waals surface area contributed by atoms with Crippen molar-refractivity contribution in [3.63, 3.8) is 0 Å². The van der Waals surface area contributed by atoms with Crippen LogP contribution in [-0.2, 0) is 6.42 Å². The SMILES string of the molecule is N#CCc1cnc(N)c(O)c1C(F)F. The lowest BCUT2D eigenvalue weighted by molar-refractivity contribution is 0.146. The van der Waals surface area contributed by atoms with Crippen LogP contribution in [0.1, 0.15) is 17.6 Å². The van der Waals surface area contributed by atoms with Crippen molar-refractivity contribution in [3.8, 4) is 11.8 Å².